The molecule has 0 radical (unpaired) electrons. The molecule has 1 aromatic carbocycles. The first-order chi connectivity index (χ1) is 9.67. The van der Waals surface area contributed by atoms with E-state index < -0.39 is 11.6 Å². The number of aryl methyl sites for hydroxylation is 1. The standard InChI is InChI=1S/C16H18F2N2/c1-19-16(3-2-12-4-6-20-7-5-12)10-13-8-14(17)11-15(18)9-13/h4-9,11,16,19H,2-3,10H2,1H3. The third-order valence-corrected chi connectivity index (χ3v) is 3.34. The van der Waals surface area contributed by atoms with Crippen molar-refractivity contribution in [3.63, 3.8) is 0 Å². The van der Waals surface area contributed by atoms with E-state index in [-0.39, 0.29) is 6.04 Å². The fourth-order valence-electron chi connectivity index (χ4n) is 2.25. The Kier molecular flexibility index (Phi) is 5.18. The number of benzene rings is 1. The maximum Gasteiger partial charge on any atom is 0.126 e. The van der Waals surface area contributed by atoms with E-state index in [1.807, 2.05) is 19.2 Å². The SMILES string of the molecule is CNC(CCc1ccncc1)Cc1cc(F)cc(F)c1. The van der Waals surface area contributed by atoms with Gasteiger partial charge in [0.25, 0.3) is 0 Å². The third-order valence-electron chi connectivity index (χ3n) is 3.34. The fraction of sp³-hybridized carbons (Fsp3) is 0.312. The highest BCUT2D eigenvalue weighted by atomic mass is 19.1. The van der Waals surface area contributed by atoms with Gasteiger partial charge in [0.1, 0.15) is 11.6 Å². The normalized spacial score (nSPS) is 12.3. The van der Waals surface area contributed by atoms with Crippen LogP contribution < -0.4 is 5.32 Å². The molecule has 0 saturated carbocycles. The zero-order valence-electron chi connectivity index (χ0n) is 11.4. The lowest BCUT2D eigenvalue weighted by molar-refractivity contribution is 0.514. The Hall–Kier alpha value is -1.81. The molecule has 1 unspecified atom stereocenters. The smallest absolute Gasteiger partial charge is 0.126 e. The van der Waals surface area contributed by atoms with Gasteiger partial charge in [-0.1, -0.05) is 0 Å². The molecule has 0 spiro atoms. The number of pyridine rings is 1. The monoisotopic (exact) mass is 276 g/mol. The van der Waals surface area contributed by atoms with Gasteiger partial charge in [-0.05, 0) is 61.7 Å². The lowest BCUT2D eigenvalue weighted by Crippen LogP contribution is -2.28. The summed E-state index contributed by atoms with van der Waals surface area (Å²) in [5.74, 6) is -1.05. The second-order valence-electron chi connectivity index (χ2n) is 4.86. The minimum Gasteiger partial charge on any atom is -0.317 e. The van der Waals surface area contributed by atoms with Gasteiger partial charge < -0.3 is 5.32 Å². The Balaban J connectivity index is 1.95. The summed E-state index contributed by atoms with van der Waals surface area (Å²) < 4.78 is 26.3. The number of nitrogens with one attached hydrogen (secondary N) is 1. The number of nitrogens with zero attached hydrogens (tertiary/aromatic N) is 1. The van der Waals surface area contributed by atoms with E-state index in [1.165, 1.54) is 17.7 Å². The predicted molar refractivity (Wildman–Crippen MR) is 75.5 cm³/mol. The Labute approximate surface area is 117 Å². The molecule has 1 N–H and O–H groups in total. The van der Waals surface area contributed by atoms with Gasteiger partial charge in [-0.25, -0.2) is 8.78 Å². The van der Waals surface area contributed by atoms with E-state index in [9.17, 15) is 8.78 Å². The van der Waals surface area contributed by atoms with Crippen LogP contribution in [0.3, 0.4) is 0 Å². The van der Waals surface area contributed by atoms with Crippen molar-refractivity contribution in [2.75, 3.05) is 7.05 Å². The van der Waals surface area contributed by atoms with Crippen molar-refractivity contribution in [1.29, 1.82) is 0 Å². The van der Waals surface area contributed by atoms with E-state index in [1.54, 1.807) is 12.4 Å². The molecule has 0 amide bonds. The van der Waals surface area contributed by atoms with Gasteiger partial charge in [0, 0.05) is 24.5 Å². The molecule has 0 aliphatic rings. The number of rotatable bonds is 6. The summed E-state index contributed by atoms with van der Waals surface area (Å²) in [6, 6.07) is 7.82. The van der Waals surface area contributed by atoms with Gasteiger partial charge in [-0.15, -0.1) is 0 Å². The average molecular weight is 276 g/mol. The van der Waals surface area contributed by atoms with Crippen LogP contribution in [0.25, 0.3) is 0 Å². The van der Waals surface area contributed by atoms with Crippen LogP contribution >= 0.6 is 0 Å². The molecule has 2 nitrogen and oxygen atoms in total. The summed E-state index contributed by atoms with van der Waals surface area (Å²) in [7, 11) is 1.87. The first kappa shape index (κ1) is 14.6. The summed E-state index contributed by atoms with van der Waals surface area (Å²) in [6.45, 7) is 0. The molecule has 2 rings (SSSR count). The summed E-state index contributed by atoms with van der Waals surface area (Å²) in [5.41, 5.74) is 1.89. The number of hydrogen-bond donors (Lipinski definition) is 1. The minimum atomic E-state index is -0.524. The van der Waals surface area contributed by atoms with Crippen LogP contribution in [-0.2, 0) is 12.8 Å². The van der Waals surface area contributed by atoms with Crippen molar-refractivity contribution in [2.45, 2.75) is 25.3 Å². The molecule has 0 fully saturated rings. The van der Waals surface area contributed by atoms with Gasteiger partial charge in [0.2, 0.25) is 0 Å². The molecule has 2 aromatic rings. The molecule has 1 atom stereocenters. The number of aromatic nitrogens is 1. The largest absolute Gasteiger partial charge is 0.317 e. The van der Waals surface area contributed by atoms with Crippen molar-refractivity contribution in [3.8, 4) is 0 Å². The van der Waals surface area contributed by atoms with Crippen LogP contribution in [0.15, 0.2) is 42.7 Å². The molecule has 0 saturated heterocycles. The Morgan fingerprint density at radius 2 is 1.70 bits per heavy atom. The van der Waals surface area contributed by atoms with Gasteiger partial charge in [0.05, 0.1) is 0 Å². The molecule has 0 bridgehead atoms. The Morgan fingerprint density at radius 3 is 2.30 bits per heavy atom. The quantitative estimate of drug-likeness (QED) is 0.877. The molecular formula is C16H18F2N2. The lowest BCUT2D eigenvalue weighted by Gasteiger charge is -2.16. The summed E-state index contributed by atoms with van der Waals surface area (Å²) in [4.78, 5) is 3.98. The van der Waals surface area contributed by atoms with Crippen molar-refractivity contribution in [3.05, 3.63) is 65.5 Å². The topological polar surface area (TPSA) is 24.9 Å². The molecule has 20 heavy (non-hydrogen) atoms. The number of likely N-dealkylation sites (N-methyl/N-ethyl adjacent to an activating group) is 1. The van der Waals surface area contributed by atoms with Crippen LogP contribution in [0.1, 0.15) is 17.5 Å². The highest BCUT2D eigenvalue weighted by Crippen LogP contribution is 2.13. The maximum atomic E-state index is 13.2. The summed E-state index contributed by atoms with van der Waals surface area (Å²) >= 11 is 0. The van der Waals surface area contributed by atoms with Gasteiger partial charge in [-0.3, -0.25) is 4.98 Å². The third kappa shape index (κ3) is 4.38. The van der Waals surface area contributed by atoms with Gasteiger partial charge in [-0.2, -0.15) is 0 Å². The molecule has 106 valence electrons. The van der Waals surface area contributed by atoms with E-state index >= 15 is 0 Å². The second kappa shape index (κ2) is 7.10. The predicted octanol–water partition coefficient (Wildman–Crippen LogP) is 3.12. The molecular weight excluding hydrogens is 258 g/mol. The van der Waals surface area contributed by atoms with Crippen molar-refractivity contribution >= 4 is 0 Å². The first-order valence-corrected chi connectivity index (χ1v) is 6.68. The van der Waals surface area contributed by atoms with Crippen molar-refractivity contribution < 1.29 is 8.78 Å². The highest BCUT2D eigenvalue weighted by Gasteiger charge is 2.09. The van der Waals surface area contributed by atoms with Gasteiger partial charge in [0.15, 0.2) is 0 Å². The molecule has 4 heteroatoms. The van der Waals surface area contributed by atoms with Gasteiger partial charge >= 0.3 is 0 Å². The van der Waals surface area contributed by atoms with Crippen LogP contribution in [0.4, 0.5) is 8.78 Å². The number of halogens is 2. The zero-order chi connectivity index (χ0) is 14.4. The minimum absolute atomic E-state index is 0.185. The second-order valence-corrected chi connectivity index (χ2v) is 4.86. The summed E-state index contributed by atoms with van der Waals surface area (Å²) in [5, 5.41) is 3.20. The molecule has 1 aromatic heterocycles. The van der Waals surface area contributed by atoms with Crippen molar-refractivity contribution in [1.82, 2.24) is 10.3 Å². The Bertz CT molecular complexity index is 523. The van der Waals surface area contributed by atoms with Crippen LogP contribution in [-0.4, -0.2) is 18.1 Å². The van der Waals surface area contributed by atoms with E-state index in [0.29, 0.717) is 12.0 Å². The van der Waals surface area contributed by atoms with Crippen LogP contribution in [0.2, 0.25) is 0 Å². The van der Waals surface area contributed by atoms with Crippen LogP contribution in [0.5, 0.6) is 0 Å². The van der Waals surface area contributed by atoms with Crippen LogP contribution in [0, 0.1) is 11.6 Å². The Morgan fingerprint density at radius 1 is 1.05 bits per heavy atom. The average Bonchev–Trinajstić information content (AvgIpc) is 2.43. The number of hydrogen-bond acceptors (Lipinski definition) is 2. The lowest BCUT2D eigenvalue weighted by atomic mass is 9.99. The first-order valence-electron chi connectivity index (χ1n) is 6.68. The molecule has 1 heterocycles. The van der Waals surface area contributed by atoms with E-state index in [0.717, 1.165) is 18.9 Å². The molecule has 0 aliphatic heterocycles. The maximum absolute atomic E-state index is 13.2. The molecule has 0 aliphatic carbocycles. The van der Waals surface area contributed by atoms with Crippen molar-refractivity contribution in [2.24, 2.45) is 0 Å². The van der Waals surface area contributed by atoms with E-state index in [2.05, 4.69) is 10.3 Å². The zero-order valence-corrected chi connectivity index (χ0v) is 11.4. The van der Waals surface area contributed by atoms with E-state index in [4.69, 9.17) is 0 Å². The fourth-order valence-corrected chi connectivity index (χ4v) is 2.25. The summed E-state index contributed by atoms with van der Waals surface area (Å²) in [6.07, 6.45) is 5.96. The highest BCUT2D eigenvalue weighted by molar-refractivity contribution is 5.19.